The lowest BCUT2D eigenvalue weighted by Crippen LogP contribution is -2.16. The van der Waals surface area contributed by atoms with E-state index in [4.69, 9.17) is 4.74 Å². The molecule has 23 heavy (non-hydrogen) atoms. The van der Waals surface area contributed by atoms with E-state index in [1.54, 1.807) is 0 Å². The smallest absolute Gasteiger partial charge is 0.144 e. The van der Waals surface area contributed by atoms with Gasteiger partial charge in [-0.25, -0.2) is 0 Å². The summed E-state index contributed by atoms with van der Waals surface area (Å²) in [5.74, 6) is 1.96. The summed E-state index contributed by atoms with van der Waals surface area (Å²) in [7, 11) is 0. The van der Waals surface area contributed by atoms with E-state index in [2.05, 4.69) is 123 Å². The number of para-hydroxylation sites is 2. The highest BCUT2D eigenvalue weighted by Gasteiger charge is 2.25. The highest BCUT2D eigenvalue weighted by molar-refractivity contribution is 14.1. The summed E-state index contributed by atoms with van der Waals surface area (Å²) in [6.45, 7) is 13.4. The first kappa shape index (κ1) is 19.0. The molecule has 0 aliphatic heterocycles. The topological polar surface area (TPSA) is 9.23 Å². The first-order chi connectivity index (χ1) is 10.5. The van der Waals surface area contributed by atoms with Crippen LogP contribution in [0.25, 0.3) is 0 Å². The van der Waals surface area contributed by atoms with Crippen LogP contribution in [0.4, 0.5) is 0 Å². The second kappa shape index (κ2) is 6.90. The summed E-state index contributed by atoms with van der Waals surface area (Å²) >= 11 is 4.74. The minimum absolute atomic E-state index is 0.0403. The second-order valence-corrected chi connectivity index (χ2v) is 10.2. The molecule has 0 saturated carbocycles. The molecule has 0 atom stereocenters. The molecule has 2 aromatic carbocycles. The summed E-state index contributed by atoms with van der Waals surface area (Å²) in [6, 6.07) is 12.8. The monoisotopic (exact) mass is 534 g/mol. The van der Waals surface area contributed by atoms with Crippen LogP contribution in [-0.4, -0.2) is 0 Å². The molecule has 0 spiro atoms. The number of hydrogen-bond acceptors (Lipinski definition) is 1. The molecule has 2 rings (SSSR count). The van der Waals surface area contributed by atoms with Crippen molar-refractivity contribution in [3.63, 3.8) is 0 Å². The van der Waals surface area contributed by atoms with Crippen molar-refractivity contribution < 1.29 is 4.74 Å². The molecule has 0 saturated heterocycles. The van der Waals surface area contributed by atoms with Crippen molar-refractivity contribution in [1.82, 2.24) is 0 Å². The normalized spacial score (nSPS) is 12.3. The zero-order valence-corrected chi connectivity index (χ0v) is 18.9. The first-order valence-electron chi connectivity index (χ1n) is 7.77. The Morgan fingerprint density at radius 3 is 1.30 bits per heavy atom. The van der Waals surface area contributed by atoms with Crippen molar-refractivity contribution in [2.75, 3.05) is 0 Å². The Bertz CT molecular complexity index is 645. The summed E-state index contributed by atoms with van der Waals surface area (Å²) < 4.78 is 8.84. The van der Waals surface area contributed by atoms with Gasteiger partial charge in [-0.1, -0.05) is 65.8 Å². The molecule has 0 bridgehead atoms. The Morgan fingerprint density at radius 2 is 1.00 bits per heavy atom. The zero-order chi connectivity index (χ0) is 17.4. The summed E-state index contributed by atoms with van der Waals surface area (Å²) in [5.41, 5.74) is 2.56. The van der Waals surface area contributed by atoms with Crippen LogP contribution in [0.2, 0.25) is 0 Å². The van der Waals surface area contributed by atoms with Gasteiger partial charge in [0, 0.05) is 11.1 Å². The Kier molecular flexibility index (Phi) is 5.71. The lowest BCUT2D eigenvalue weighted by Gasteiger charge is -2.27. The molecule has 3 heteroatoms. The largest absolute Gasteiger partial charge is 0.455 e. The van der Waals surface area contributed by atoms with E-state index in [0.717, 1.165) is 18.6 Å². The van der Waals surface area contributed by atoms with Gasteiger partial charge < -0.3 is 4.74 Å². The Balaban J connectivity index is 2.62. The average molecular weight is 534 g/mol. The fourth-order valence-electron chi connectivity index (χ4n) is 2.51. The molecule has 0 aromatic heterocycles. The molecule has 2 aromatic rings. The maximum Gasteiger partial charge on any atom is 0.144 e. The quantitative estimate of drug-likeness (QED) is 0.368. The first-order valence-corrected chi connectivity index (χ1v) is 9.93. The van der Waals surface area contributed by atoms with Gasteiger partial charge in [0.25, 0.3) is 0 Å². The lowest BCUT2D eigenvalue weighted by molar-refractivity contribution is 0.430. The second-order valence-electron chi connectivity index (χ2n) is 7.84. The summed E-state index contributed by atoms with van der Waals surface area (Å²) in [4.78, 5) is 0. The molecule has 1 nitrogen and oxygen atoms in total. The molecular weight excluding hydrogens is 510 g/mol. The van der Waals surface area contributed by atoms with Crippen LogP contribution in [0.5, 0.6) is 11.5 Å². The van der Waals surface area contributed by atoms with Crippen LogP contribution in [-0.2, 0) is 10.8 Å². The Hall–Kier alpha value is -0.300. The van der Waals surface area contributed by atoms with Gasteiger partial charge in [-0.15, -0.1) is 0 Å². The van der Waals surface area contributed by atoms with E-state index in [-0.39, 0.29) is 10.8 Å². The predicted octanol–water partition coefficient (Wildman–Crippen LogP) is 7.28. The molecular formula is C20H24I2O. The van der Waals surface area contributed by atoms with E-state index in [1.807, 2.05) is 0 Å². The van der Waals surface area contributed by atoms with Gasteiger partial charge in [0.1, 0.15) is 11.5 Å². The molecule has 0 heterocycles. The van der Waals surface area contributed by atoms with Crippen molar-refractivity contribution in [3.8, 4) is 11.5 Å². The Labute approximate surface area is 167 Å². The number of benzene rings is 2. The van der Waals surface area contributed by atoms with Gasteiger partial charge in [-0.3, -0.25) is 0 Å². The molecule has 0 fully saturated rings. The fraction of sp³-hybridized carbons (Fsp3) is 0.400. The lowest BCUT2D eigenvalue weighted by atomic mass is 9.85. The van der Waals surface area contributed by atoms with Gasteiger partial charge in [0.2, 0.25) is 0 Å². The molecule has 0 amide bonds. The minimum Gasteiger partial charge on any atom is -0.455 e. The highest BCUT2D eigenvalue weighted by atomic mass is 127. The van der Waals surface area contributed by atoms with E-state index < -0.39 is 0 Å². The molecule has 0 radical (unpaired) electrons. The maximum absolute atomic E-state index is 6.54. The van der Waals surface area contributed by atoms with Gasteiger partial charge in [-0.2, -0.15) is 0 Å². The van der Waals surface area contributed by atoms with E-state index in [1.165, 1.54) is 11.1 Å². The third kappa shape index (κ3) is 4.41. The van der Waals surface area contributed by atoms with Crippen LogP contribution < -0.4 is 4.74 Å². The van der Waals surface area contributed by atoms with Crippen molar-refractivity contribution >= 4 is 45.2 Å². The predicted molar refractivity (Wildman–Crippen MR) is 116 cm³/mol. The van der Waals surface area contributed by atoms with Gasteiger partial charge in [0.05, 0.1) is 7.14 Å². The SMILES string of the molecule is CC(C)(C)c1cccc(I)c1Oc1c(I)cccc1C(C)(C)C. The van der Waals surface area contributed by atoms with Gasteiger partial charge in [-0.05, 0) is 68.1 Å². The van der Waals surface area contributed by atoms with Gasteiger partial charge >= 0.3 is 0 Å². The van der Waals surface area contributed by atoms with Crippen LogP contribution in [0.15, 0.2) is 36.4 Å². The van der Waals surface area contributed by atoms with Crippen molar-refractivity contribution in [1.29, 1.82) is 0 Å². The summed E-state index contributed by atoms with van der Waals surface area (Å²) in [5, 5.41) is 0. The van der Waals surface area contributed by atoms with Crippen molar-refractivity contribution in [2.24, 2.45) is 0 Å². The van der Waals surface area contributed by atoms with E-state index >= 15 is 0 Å². The standard InChI is InChI=1S/C20H24I2O/c1-19(2,3)13-9-7-11-15(21)17(13)23-18-14(20(4,5)6)10-8-12-16(18)22/h7-12H,1-6H3. The number of ether oxygens (including phenoxy) is 1. The molecule has 0 aliphatic carbocycles. The highest BCUT2D eigenvalue weighted by Crippen LogP contribution is 2.42. The van der Waals surface area contributed by atoms with Crippen LogP contribution in [0.3, 0.4) is 0 Å². The maximum atomic E-state index is 6.54. The molecule has 0 N–H and O–H groups in total. The molecule has 0 aliphatic rings. The van der Waals surface area contributed by atoms with Crippen LogP contribution in [0, 0.1) is 7.14 Å². The van der Waals surface area contributed by atoms with Crippen molar-refractivity contribution in [3.05, 3.63) is 54.7 Å². The third-order valence-corrected chi connectivity index (χ3v) is 5.45. The van der Waals surface area contributed by atoms with Crippen LogP contribution >= 0.6 is 45.2 Å². The fourth-order valence-corrected chi connectivity index (χ4v) is 3.72. The number of rotatable bonds is 2. The van der Waals surface area contributed by atoms with Crippen molar-refractivity contribution in [2.45, 2.75) is 52.4 Å². The minimum atomic E-state index is 0.0403. The molecule has 124 valence electrons. The van der Waals surface area contributed by atoms with E-state index in [9.17, 15) is 0 Å². The number of hydrogen-bond donors (Lipinski definition) is 0. The Morgan fingerprint density at radius 1 is 0.652 bits per heavy atom. The van der Waals surface area contributed by atoms with Crippen LogP contribution in [0.1, 0.15) is 52.7 Å². The number of halogens is 2. The van der Waals surface area contributed by atoms with E-state index in [0.29, 0.717) is 0 Å². The zero-order valence-electron chi connectivity index (χ0n) is 14.6. The summed E-state index contributed by atoms with van der Waals surface area (Å²) in [6.07, 6.45) is 0. The molecule has 0 unspecified atom stereocenters. The average Bonchev–Trinajstić information content (AvgIpc) is 2.40. The van der Waals surface area contributed by atoms with Gasteiger partial charge in [0.15, 0.2) is 0 Å². The third-order valence-electron chi connectivity index (χ3n) is 3.75.